The lowest BCUT2D eigenvalue weighted by Gasteiger charge is -2.36. The molecule has 2 nitrogen and oxygen atoms in total. The quantitative estimate of drug-likeness (QED) is 0.191. The molecule has 1 fully saturated rings. The van der Waals surface area contributed by atoms with E-state index in [2.05, 4.69) is 84.9 Å². The molecule has 1 heterocycles. The maximum atomic E-state index is 9.34. The molecule has 7 aromatic rings. The van der Waals surface area contributed by atoms with Crippen LogP contribution in [0.5, 0.6) is 0 Å². The second kappa shape index (κ2) is 11.9. The maximum absolute atomic E-state index is 9.34. The molecule has 230 valence electrons. The van der Waals surface area contributed by atoms with Gasteiger partial charge in [-0.2, -0.15) is 0 Å². The fraction of sp³-hybridized carbons (Fsp3) is 0.130. The van der Waals surface area contributed by atoms with Crippen LogP contribution < -0.4 is 0 Å². The Morgan fingerprint density at radius 3 is 1.62 bits per heavy atom. The molecule has 2 heteroatoms. The molecule has 0 saturated heterocycles. The molecule has 0 aliphatic heterocycles. The highest BCUT2D eigenvalue weighted by Crippen LogP contribution is 2.56. The number of benzene rings is 6. The number of hydrogen-bond acceptors (Lipinski definition) is 2. The van der Waals surface area contributed by atoms with Crippen molar-refractivity contribution in [2.75, 3.05) is 0 Å². The van der Waals surface area contributed by atoms with E-state index in [-0.39, 0.29) is 0 Å². The third-order valence-electron chi connectivity index (χ3n) is 9.69. The molecule has 1 aromatic heterocycles. The molecule has 0 unspecified atom stereocenters. The monoisotopic (exact) mass is 620 g/mol. The van der Waals surface area contributed by atoms with Crippen LogP contribution in [0, 0.1) is 0 Å². The fourth-order valence-corrected chi connectivity index (χ4v) is 7.35. The maximum Gasteiger partial charge on any atom is 0.160 e. The van der Waals surface area contributed by atoms with E-state index in [1.165, 1.54) is 0 Å². The van der Waals surface area contributed by atoms with Crippen molar-refractivity contribution < 1.29 is 5.48 Å². The predicted molar refractivity (Wildman–Crippen MR) is 199 cm³/mol. The lowest BCUT2D eigenvalue weighted by atomic mass is 9.67. The molecule has 0 atom stereocenters. The van der Waals surface area contributed by atoms with Gasteiger partial charge in [0.05, 0.1) is 11.4 Å². The minimum atomic E-state index is -1.75. The van der Waals surface area contributed by atoms with Gasteiger partial charge in [-0.3, -0.25) is 0 Å². The Morgan fingerprint density at radius 2 is 0.917 bits per heavy atom. The Morgan fingerprint density at radius 1 is 0.396 bits per heavy atom. The van der Waals surface area contributed by atoms with Gasteiger partial charge in [0.15, 0.2) is 5.82 Å². The first-order valence-corrected chi connectivity index (χ1v) is 16.7. The van der Waals surface area contributed by atoms with E-state index < -0.39 is 18.2 Å². The molecule has 48 heavy (non-hydrogen) atoms. The number of aromatic nitrogens is 2. The van der Waals surface area contributed by atoms with Crippen molar-refractivity contribution in [1.29, 1.82) is 0 Å². The van der Waals surface area contributed by atoms with Crippen LogP contribution in [0.1, 0.15) is 48.6 Å². The van der Waals surface area contributed by atoms with Crippen LogP contribution in [-0.4, -0.2) is 9.97 Å². The zero-order chi connectivity index (χ0) is 35.5. The van der Waals surface area contributed by atoms with E-state index in [0.29, 0.717) is 25.1 Å². The highest BCUT2D eigenvalue weighted by Gasteiger charge is 2.43. The molecule has 2 aliphatic rings. The van der Waals surface area contributed by atoms with Crippen LogP contribution in [0.2, 0.25) is 0 Å². The van der Waals surface area contributed by atoms with E-state index in [1.54, 1.807) is 0 Å². The van der Waals surface area contributed by atoms with Crippen molar-refractivity contribution in [3.8, 4) is 67.3 Å². The Kier molecular flexibility index (Phi) is 6.08. The fourth-order valence-electron chi connectivity index (χ4n) is 7.35. The molecule has 6 aromatic carbocycles. The van der Waals surface area contributed by atoms with Crippen molar-refractivity contribution in [1.82, 2.24) is 9.97 Å². The van der Waals surface area contributed by atoms with Crippen molar-refractivity contribution in [2.45, 2.75) is 37.4 Å². The summed E-state index contributed by atoms with van der Waals surface area (Å²) in [4.78, 5) is 10.00. The van der Waals surface area contributed by atoms with Crippen LogP contribution in [0.4, 0.5) is 0 Å². The summed E-state index contributed by atoms with van der Waals surface area (Å²) in [6.45, 7) is 0. The molecular formula is C46H36N2. The first-order chi connectivity index (χ1) is 25.2. The van der Waals surface area contributed by atoms with Gasteiger partial charge < -0.3 is 0 Å². The van der Waals surface area contributed by atoms with Crippen molar-refractivity contribution in [2.24, 2.45) is 0 Å². The van der Waals surface area contributed by atoms with Crippen molar-refractivity contribution >= 4 is 0 Å². The lowest BCUT2D eigenvalue weighted by molar-refractivity contribution is 0.353. The van der Waals surface area contributed by atoms with Gasteiger partial charge in [-0.05, 0) is 81.5 Å². The summed E-state index contributed by atoms with van der Waals surface area (Å²) in [5.41, 5.74) is 10.7. The van der Waals surface area contributed by atoms with E-state index in [1.807, 2.05) is 72.8 Å². The largest absolute Gasteiger partial charge is 0.228 e. The lowest BCUT2D eigenvalue weighted by Crippen LogP contribution is -2.28. The molecule has 9 rings (SSSR count). The highest BCUT2D eigenvalue weighted by atomic mass is 14.9. The predicted octanol–water partition coefficient (Wildman–Crippen LogP) is 12.0. The van der Waals surface area contributed by atoms with Crippen LogP contribution in [0.15, 0.2) is 158 Å². The van der Waals surface area contributed by atoms with Gasteiger partial charge in [-0.25, -0.2) is 9.97 Å². The van der Waals surface area contributed by atoms with Crippen molar-refractivity contribution in [3.05, 3.63) is 169 Å². The topological polar surface area (TPSA) is 25.8 Å². The molecule has 0 bridgehead atoms. The minimum Gasteiger partial charge on any atom is -0.228 e. The summed E-state index contributed by atoms with van der Waals surface area (Å²) in [5, 5.41) is 0. The summed E-state index contributed by atoms with van der Waals surface area (Å²) in [6.07, 6.45) is -2.33. The number of hydrogen-bond donors (Lipinski definition) is 0. The van der Waals surface area contributed by atoms with Gasteiger partial charge in [0.2, 0.25) is 0 Å². The second-order valence-electron chi connectivity index (χ2n) is 12.6. The SMILES string of the molecule is [2H]C1([2H])CCCC([2H])([2H])C12c1ccccc1-c1ccc(-c3cccc(-c4cccc(-c5cc(-c6ccccc6)nc(-c6ccccc6)n5)c4)c3)cc12. The summed E-state index contributed by atoms with van der Waals surface area (Å²) in [5.74, 6) is 0.674. The first kappa shape index (κ1) is 24.6. The Labute approximate surface area is 288 Å². The summed E-state index contributed by atoms with van der Waals surface area (Å²) in [7, 11) is 0. The number of fused-ring (bicyclic) bond motifs is 5. The van der Waals surface area contributed by atoms with Gasteiger partial charge >= 0.3 is 0 Å². The molecular weight excluding hydrogens is 581 g/mol. The van der Waals surface area contributed by atoms with E-state index in [4.69, 9.17) is 9.97 Å². The van der Waals surface area contributed by atoms with Gasteiger partial charge in [0.1, 0.15) is 0 Å². The summed E-state index contributed by atoms with van der Waals surface area (Å²) in [6, 6.07) is 53.2. The van der Waals surface area contributed by atoms with Gasteiger partial charge in [-0.1, -0.05) is 153 Å². The van der Waals surface area contributed by atoms with E-state index in [9.17, 15) is 5.48 Å². The molecule has 0 amide bonds. The summed E-state index contributed by atoms with van der Waals surface area (Å²) >= 11 is 0. The second-order valence-corrected chi connectivity index (χ2v) is 12.6. The molecule has 0 N–H and O–H groups in total. The molecule has 2 aliphatic carbocycles. The smallest absolute Gasteiger partial charge is 0.160 e. The molecule has 1 spiro atoms. The van der Waals surface area contributed by atoms with Gasteiger partial charge in [0.25, 0.3) is 0 Å². The van der Waals surface area contributed by atoms with Gasteiger partial charge in [0, 0.05) is 27.6 Å². The van der Waals surface area contributed by atoms with Crippen LogP contribution in [0.25, 0.3) is 67.3 Å². The highest BCUT2D eigenvalue weighted by molar-refractivity contribution is 5.85. The Balaban J connectivity index is 1.13. The number of nitrogens with zero attached hydrogens (tertiary/aromatic N) is 2. The van der Waals surface area contributed by atoms with Crippen molar-refractivity contribution in [3.63, 3.8) is 0 Å². The van der Waals surface area contributed by atoms with E-state index in [0.717, 1.165) is 72.6 Å². The van der Waals surface area contributed by atoms with Crippen LogP contribution >= 0.6 is 0 Å². The van der Waals surface area contributed by atoms with Crippen LogP contribution in [-0.2, 0) is 5.41 Å². The normalized spacial score (nSPS) is 17.8. The average Bonchev–Trinajstić information content (AvgIpc) is 3.49. The van der Waals surface area contributed by atoms with Gasteiger partial charge in [-0.15, -0.1) is 0 Å². The van der Waals surface area contributed by atoms with E-state index >= 15 is 0 Å². The summed E-state index contributed by atoms with van der Waals surface area (Å²) < 4.78 is 37.4. The first-order valence-electron chi connectivity index (χ1n) is 18.7. The minimum absolute atomic E-state index is 0.322. The Bertz CT molecular complexity index is 2380. The number of rotatable bonds is 5. The molecule has 0 radical (unpaired) electrons. The zero-order valence-corrected chi connectivity index (χ0v) is 26.5. The Hall–Kier alpha value is -5.60. The average molecular weight is 621 g/mol. The molecule has 1 saturated carbocycles. The van der Waals surface area contributed by atoms with Crippen LogP contribution in [0.3, 0.4) is 0 Å². The standard InChI is InChI=1S/C46H36N2/c1-4-14-32(15-5-1)43-31-44(48-45(47-43)33-16-6-2-7-17-33)38-21-13-20-36(29-38)34-18-12-19-35(28-34)37-24-25-40-39-22-8-9-23-41(39)46(42(40)30-37)26-10-3-11-27-46/h1-2,4-9,12-25,28-31H,3,10-11,26-27H2/i26D2,27D2. The third kappa shape index (κ3) is 4.96. The third-order valence-corrected chi connectivity index (χ3v) is 9.69. The zero-order valence-electron chi connectivity index (χ0n) is 30.5.